The fourth-order valence-corrected chi connectivity index (χ4v) is 6.05. The van der Waals surface area contributed by atoms with E-state index < -0.39 is 11.8 Å². The second-order valence-corrected chi connectivity index (χ2v) is 8.54. The normalized spacial score (nSPS) is 33.8. The van der Waals surface area contributed by atoms with Crippen LogP contribution in [0.4, 0.5) is 4.39 Å². The molecule has 0 saturated heterocycles. The molecule has 4 saturated carbocycles. The molecular weight excluding hydrogens is 305 g/mol. The third-order valence-corrected chi connectivity index (χ3v) is 6.71. The van der Waals surface area contributed by atoms with Crippen LogP contribution >= 0.6 is 0 Å². The smallest absolute Gasteiger partial charge is 0.338 e. The zero-order valence-corrected chi connectivity index (χ0v) is 14.3. The number of benzene rings is 1. The SMILES string of the molecule is Cc1c(CNCC23CC4CC(CC(C4)C2)C3)ccc(C(=O)O)c1F. The topological polar surface area (TPSA) is 49.3 Å². The Bertz CT molecular complexity index is 635. The predicted octanol–water partition coefficient (Wildman–Crippen LogP) is 4.14. The number of hydrogen-bond donors (Lipinski definition) is 2. The van der Waals surface area contributed by atoms with Gasteiger partial charge in [0.2, 0.25) is 0 Å². The average molecular weight is 331 g/mol. The minimum Gasteiger partial charge on any atom is -0.478 e. The van der Waals surface area contributed by atoms with Gasteiger partial charge in [-0.2, -0.15) is 0 Å². The van der Waals surface area contributed by atoms with Crippen molar-refractivity contribution in [3.63, 3.8) is 0 Å². The average Bonchev–Trinajstić information content (AvgIpc) is 2.49. The monoisotopic (exact) mass is 331 g/mol. The van der Waals surface area contributed by atoms with Crippen molar-refractivity contribution in [3.05, 3.63) is 34.6 Å². The van der Waals surface area contributed by atoms with Crippen molar-refractivity contribution in [3.8, 4) is 0 Å². The molecule has 4 bridgehead atoms. The van der Waals surface area contributed by atoms with Crippen molar-refractivity contribution in [2.75, 3.05) is 6.54 Å². The number of nitrogens with one attached hydrogen (secondary N) is 1. The van der Waals surface area contributed by atoms with Crippen molar-refractivity contribution in [2.45, 2.75) is 52.0 Å². The Kier molecular flexibility index (Phi) is 3.91. The molecule has 1 aromatic rings. The molecule has 4 heteroatoms. The summed E-state index contributed by atoms with van der Waals surface area (Å²) in [5.41, 5.74) is 1.54. The lowest BCUT2D eigenvalue weighted by atomic mass is 9.49. The maximum absolute atomic E-state index is 14.1. The van der Waals surface area contributed by atoms with Crippen molar-refractivity contribution in [1.82, 2.24) is 5.32 Å². The summed E-state index contributed by atoms with van der Waals surface area (Å²) in [6, 6.07) is 3.13. The third-order valence-electron chi connectivity index (χ3n) is 6.71. The van der Waals surface area contributed by atoms with Crippen LogP contribution in [-0.2, 0) is 6.54 Å². The maximum Gasteiger partial charge on any atom is 0.338 e. The first-order chi connectivity index (χ1) is 11.5. The lowest BCUT2D eigenvalue weighted by molar-refractivity contribution is -0.0514. The molecule has 5 rings (SSSR count). The van der Waals surface area contributed by atoms with Gasteiger partial charge in [0.05, 0.1) is 5.56 Å². The van der Waals surface area contributed by atoms with Crippen LogP contribution in [0, 0.1) is 35.9 Å². The number of rotatable bonds is 5. The molecule has 0 aromatic heterocycles. The number of hydrogen-bond acceptors (Lipinski definition) is 2. The summed E-state index contributed by atoms with van der Waals surface area (Å²) >= 11 is 0. The minimum atomic E-state index is -1.20. The summed E-state index contributed by atoms with van der Waals surface area (Å²) in [7, 11) is 0. The van der Waals surface area contributed by atoms with Crippen LogP contribution in [0.15, 0.2) is 12.1 Å². The van der Waals surface area contributed by atoms with E-state index in [1.807, 2.05) is 0 Å². The van der Waals surface area contributed by atoms with Gasteiger partial charge in [0.25, 0.3) is 0 Å². The van der Waals surface area contributed by atoms with E-state index in [0.717, 1.165) is 29.9 Å². The van der Waals surface area contributed by atoms with E-state index in [4.69, 9.17) is 5.11 Å². The van der Waals surface area contributed by atoms with Crippen molar-refractivity contribution in [1.29, 1.82) is 0 Å². The molecule has 24 heavy (non-hydrogen) atoms. The molecule has 1 aromatic carbocycles. The van der Waals surface area contributed by atoms with Gasteiger partial charge in [-0.25, -0.2) is 9.18 Å². The largest absolute Gasteiger partial charge is 0.478 e. The van der Waals surface area contributed by atoms with Crippen LogP contribution in [0.3, 0.4) is 0 Å². The standard InChI is InChI=1S/C20H26FNO2/c1-12-16(2-3-17(18(12)21)19(23)24)10-22-11-20-7-13-4-14(8-20)6-15(5-13)9-20/h2-3,13-15,22H,4-11H2,1H3,(H,23,24). The molecule has 0 radical (unpaired) electrons. The highest BCUT2D eigenvalue weighted by molar-refractivity contribution is 5.88. The van der Waals surface area contributed by atoms with Crippen LogP contribution in [0.25, 0.3) is 0 Å². The molecule has 0 heterocycles. The van der Waals surface area contributed by atoms with E-state index in [2.05, 4.69) is 5.32 Å². The van der Waals surface area contributed by atoms with Gasteiger partial charge in [-0.05, 0) is 85.8 Å². The van der Waals surface area contributed by atoms with Crippen LogP contribution in [0.2, 0.25) is 0 Å². The summed E-state index contributed by atoms with van der Waals surface area (Å²) in [6.07, 6.45) is 8.41. The van der Waals surface area contributed by atoms with Gasteiger partial charge in [-0.15, -0.1) is 0 Å². The number of carboxylic acids is 1. The molecule has 4 fully saturated rings. The van der Waals surface area contributed by atoms with E-state index in [1.165, 1.54) is 44.6 Å². The molecular formula is C20H26FNO2. The Hall–Kier alpha value is -1.42. The predicted molar refractivity (Wildman–Crippen MR) is 90.4 cm³/mol. The quantitative estimate of drug-likeness (QED) is 0.852. The number of aromatic carboxylic acids is 1. The Morgan fingerprint density at radius 2 is 1.79 bits per heavy atom. The first-order valence-corrected chi connectivity index (χ1v) is 9.18. The van der Waals surface area contributed by atoms with Crippen LogP contribution < -0.4 is 5.32 Å². The zero-order chi connectivity index (χ0) is 16.9. The van der Waals surface area contributed by atoms with Crippen LogP contribution in [0.5, 0.6) is 0 Å². The second kappa shape index (κ2) is 5.83. The summed E-state index contributed by atoms with van der Waals surface area (Å²) in [4.78, 5) is 11.0. The van der Waals surface area contributed by atoms with E-state index >= 15 is 0 Å². The molecule has 4 aliphatic rings. The number of carbonyl (C=O) groups is 1. The van der Waals surface area contributed by atoms with Gasteiger partial charge >= 0.3 is 5.97 Å². The van der Waals surface area contributed by atoms with Crippen LogP contribution in [0.1, 0.15) is 60.0 Å². The van der Waals surface area contributed by atoms with Gasteiger partial charge in [0, 0.05) is 13.1 Å². The summed E-state index contributed by atoms with van der Waals surface area (Å²) < 4.78 is 14.1. The Morgan fingerprint density at radius 3 is 2.33 bits per heavy atom. The summed E-state index contributed by atoms with van der Waals surface area (Å²) in [5.74, 6) is 1.01. The molecule has 0 spiro atoms. The van der Waals surface area contributed by atoms with Gasteiger partial charge in [0.1, 0.15) is 5.82 Å². The number of carboxylic acid groups (broad SMARTS) is 1. The fraction of sp³-hybridized carbons (Fsp3) is 0.650. The molecule has 0 amide bonds. The van der Waals surface area contributed by atoms with E-state index in [0.29, 0.717) is 17.5 Å². The lowest BCUT2D eigenvalue weighted by Gasteiger charge is -2.57. The van der Waals surface area contributed by atoms with Gasteiger partial charge in [-0.3, -0.25) is 0 Å². The summed E-state index contributed by atoms with van der Waals surface area (Å²) in [6.45, 7) is 3.30. The van der Waals surface area contributed by atoms with E-state index in [1.54, 1.807) is 13.0 Å². The van der Waals surface area contributed by atoms with Crippen LogP contribution in [-0.4, -0.2) is 17.6 Å². The van der Waals surface area contributed by atoms with Gasteiger partial charge in [-0.1, -0.05) is 6.07 Å². The Morgan fingerprint density at radius 1 is 1.21 bits per heavy atom. The minimum absolute atomic E-state index is 0.239. The molecule has 0 atom stereocenters. The molecule has 130 valence electrons. The highest BCUT2D eigenvalue weighted by Gasteiger charge is 2.50. The maximum atomic E-state index is 14.1. The molecule has 0 unspecified atom stereocenters. The van der Waals surface area contributed by atoms with E-state index in [9.17, 15) is 9.18 Å². The van der Waals surface area contributed by atoms with Gasteiger partial charge in [0.15, 0.2) is 0 Å². The second-order valence-electron chi connectivity index (χ2n) is 8.54. The fourth-order valence-electron chi connectivity index (χ4n) is 6.05. The number of halogens is 1. The summed E-state index contributed by atoms with van der Waals surface area (Å²) in [5, 5.41) is 12.6. The van der Waals surface area contributed by atoms with Crippen molar-refractivity contribution in [2.24, 2.45) is 23.2 Å². The van der Waals surface area contributed by atoms with E-state index in [-0.39, 0.29) is 5.56 Å². The lowest BCUT2D eigenvalue weighted by Crippen LogP contribution is -2.50. The first-order valence-electron chi connectivity index (χ1n) is 9.18. The molecule has 0 aliphatic heterocycles. The highest BCUT2D eigenvalue weighted by Crippen LogP contribution is 2.59. The van der Waals surface area contributed by atoms with Crippen molar-refractivity contribution >= 4 is 5.97 Å². The highest BCUT2D eigenvalue weighted by atomic mass is 19.1. The van der Waals surface area contributed by atoms with Crippen molar-refractivity contribution < 1.29 is 14.3 Å². The zero-order valence-electron chi connectivity index (χ0n) is 14.3. The molecule has 4 aliphatic carbocycles. The Labute approximate surface area is 142 Å². The molecule has 3 nitrogen and oxygen atoms in total. The Balaban J connectivity index is 1.41. The third kappa shape index (κ3) is 2.75. The molecule has 2 N–H and O–H groups in total. The van der Waals surface area contributed by atoms with Gasteiger partial charge < -0.3 is 10.4 Å². The first kappa shape index (κ1) is 16.1.